The van der Waals surface area contributed by atoms with Crippen molar-refractivity contribution in [2.75, 3.05) is 7.11 Å². The molecule has 1 aliphatic carbocycles. The number of rotatable bonds is 2. The van der Waals surface area contributed by atoms with E-state index in [2.05, 4.69) is 4.74 Å². The Morgan fingerprint density at radius 2 is 1.93 bits per heavy atom. The minimum atomic E-state index is -0.882. The SMILES string of the molecule is COC(=O)C1CCC(C)CC1C(=O)O. The van der Waals surface area contributed by atoms with Crippen LogP contribution in [-0.4, -0.2) is 24.2 Å². The molecule has 3 unspecified atom stereocenters. The zero-order valence-electron chi connectivity index (χ0n) is 8.53. The van der Waals surface area contributed by atoms with Crippen LogP contribution in [0.1, 0.15) is 26.2 Å². The molecule has 0 aromatic rings. The molecule has 0 heterocycles. The maximum atomic E-state index is 11.3. The molecule has 0 amide bonds. The van der Waals surface area contributed by atoms with Crippen molar-refractivity contribution in [3.05, 3.63) is 0 Å². The molecular weight excluding hydrogens is 184 g/mol. The highest BCUT2D eigenvalue weighted by Crippen LogP contribution is 2.34. The first-order chi connectivity index (χ1) is 6.56. The fourth-order valence-corrected chi connectivity index (χ4v) is 2.09. The predicted molar refractivity (Wildman–Crippen MR) is 49.6 cm³/mol. The summed E-state index contributed by atoms with van der Waals surface area (Å²) in [4.78, 5) is 22.2. The van der Waals surface area contributed by atoms with Gasteiger partial charge >= 0.3 is 11.9 Å². The number of carbonyl (C=O) groups excluding carboxylic acids is 1. The van der Waals surface area contributed by atoms with Gasteiger partial charge < -0.3 is 9.84 Å². The van der Waals surface area contributed by atoms with E-state index in [1.807, 2.05) is 6.92 Å². The highest BCUT2D eigenvalue weighted by molar-refractivity contribution is 5.81. The van der Waals surface area contributed by atoms with Crippen LogP contribution in [0.3, 0.4) is 0 Å². The number of aliphatic carboxylic acids is 1. The molecule has 4 nitrogen and oxygen atoms in total. The Morgan fingerprint density at radius 1 is 1.29 bits per heavy atom. The van der Waals surface area contributed by atoms with Crippen molar-refractivity contribution < 1.29 is 19.4 Å². The molecule has 14 heavy (non-hydrogen) atoms. The number of hydrogen-bond donors (Lipinski definition) is 1. The quantitative estimate of drug-likeness (QED) is 0.682. The van der Waals surface area contributed by atoms with Gasteiger partial charge in [-0.05, 0) is 25.2 Å². The largest absolute Gasteiger partial charge is 0.481 e. The lowest BCUT2D eigenvalue weighted by atomic mass is 9.74. The number of esters is 1. The number of ether oxygens (including phenoxy) is 1. The molecule has 1 fully saturated rings. The van der Waals surface area contributed by atoms with E-state index in [1.165, 1.54) is 7.11 Å². The molecule has 0 aromatic carbocycles. The van der Waals surface area contributed by atoms with Crippen molar-refractivity contribution in [3.8, 4) is 0 Å². The molecule has 0 radical (unpaired) electrons. The summed E-state index contributed by atoms with van der Waals surface area (Å²) in [5.74, 6) is -1.90. The highest BCUT2D eigenvalue weighted by Gasteiger charge is 2.38. The van der Waals surface area contributed by atoms with Gasteiger partial charge in [0.1, 0.15) is 0 Å². The standard InChI is InChI=1S/C10H16O4/c1-6-3-4-7(10(13)14-2)8(5-6)9(11)12/h6-8H,3-5H2,1-2H3,(H,11,12). The Hall–Kier alpha value is -1.06. The zero-order valence-corrected chi connectivity index (χ0v) is 8.53. The highest BCUT2D eigenvalue weighted by atomic mass is 16.5. The van der Waals surface area contributed by atoms with E-state index in [-0.39, 0.29) is 5.97 Å². The first-order valence-corrected chi connectivity index (χ1v) is 4.87. The summed E-state index contributed by atoms with van der Waals surface area (Å²) in [7, 11) is 1.30. The second-order valence-corrected chi connectivity index (χ2v) is 3.99. The topological polar surface area (TPSA) is 63.6 Å². The minimum absolute atomic E-state index is 0.385. The van der Waals surface area contributed by atoms with E-state index < -0.39 is 17.8 Å². The van der Waals surface area contributed by atoms with Gasteiger partial charge in [-0.2, -0.15) is 0 Å². The van der Waals surface area contributed by atoms with Gasteiger partial charge in [-0.1, -0.05) is 6.92 Å². The first-order valence-electron chi connectivity index (χ1n) is 4.87. The van der Waals surface area contributed by atoms with Gasteiger partial charge in [0, 0.05) is 0 Å². The van der Waals surface area contributed by atoms with E-state index in [0.717, 1.165) is 6.42 Å². The number of carboxylic acids is 1. The van der Waals surface area contributed by atoms with Crippen molar-refractivity contribution in [3.63, 3.8) is 0 Å². The zero-order chi connectivity index (χ0) is 10.7. The molecule has 80 valence electrons. The fourth-order valence-electron chi connectivity index (χ4n) is 2.09. The lowest BCUT2D eigenvalue weighted by Gasteiger charge is -2.30. The number of hydrogen-bond acceptors (Lipinski definition) is 3. The Balaban J connectivity index is 2.72. The van der Waals surface area contributed by atoms with E-state index >= 15 is 0 Å². The lowest BCUT2D eigenvalue weighted by molar-refractivity contribution is -0.158. The molecule has 4 heteroatoms. The van der Waals surface area contributed by atoms with Crippen LogP contribution in [0.25, 0.3) is 0 Å². The van der Waals surface area contributed by atoms with Gasteiger partial charge in [0.05, 0.1) is 18.9 Å². The summed E-state index contributed by atoms with van der Waals surface area (Å²) in [6.45, 7) is 2.02. The molecule has 1 saturated carbocycles. The van der Waals surface area contributed by atoms with Crippen LogP contribution < -0.4 is 0 Å². The molecule has 0 aromatic heterocycles. The maximum absolute atomic E-state index is 11.3. The average Bonchev–Trinajstić information content (AvgIpc) is 2.16. The summed E-state index contributed by atoms with van der Waals surface area (Å²) in [6.07, 6.45) is 2.11. The lowest BCUT2D eigenvalue weighted by Crippen LogP contribution is -2.35. The Morgan fingerprint density at radius 3 is 2.43 bits per heavy atom. The van der Waals surface area contributed by atoms with Crippen LogP contribution in [0.5, 0.6) is 0 Å². The van der Waals surface area contributed by atoms with Crippen molar-refractivity contribution in [2.24, 2.45) is 17.8 Å². The van der Waals surface area contributed by atoms with Crippen LogP contribution in [0, 0.1) is 17.8 Å². The van der Waals surface area contributed by atoms with Gasteiger partial charge in [-0.3, -0.25) is 9.59 Å². The minimum Gasteiger partial charge on any atom is -0.481 e. The molecule has 0 bridgehead atoms. The van der Waals surface area contributed by atoms with Crippen LogP contribution in [-0.2, 0) is 14.3 Å². The van der Waals surface area contributed by atoms with Crippen molar-refractivity contribution in [2.45, 2.75) is 26.2 Å². The van der Waals surface area contributed by atoms with Crippen LogP contribution >= 0.6 is 0 Å². The van der Waals surface area contributed by atoms with Gasteiger partial charge in [0.2, 0.25) is 0 Å². The second-order valence-electron chi connectivity index (χ2n) is 3.99. The van der Waals surface area contributed by atoms with Gasteiger partial charge in [-0.25, -0.2) is 0 Å². The van der Waals surface area contributed by atoms with Crippen LogP contribution in [0.4, 0.5) is 0 Å². The normalized spacial score (nSPS) is 32.3. The third kappa shape index (κ3) is 2.25. The first kappa shape index (κ1) is 11.0. The molecule has 0 aliphatic heterocycles. The molecule has 1 rings (SSSR count). The van der Waals surface area contributed by atoms with Crippen molar-refractivity contribution in [1.29, 1.82) is 0 Å². The van der Waals surface area contributed by atoms with E-state index in [1.54, 1.807) is 0 Å². The van der Waals surface area contributed by atoms with Gasteiger partial charge in [0.25, 0.3) is 0 Å². The molecule has 3 atom stereocenters. The van der Waals surface area contributed by atoms with Crippen molar-refractivity contribution in [1.82, 2.24) is 0 Å². The monoisotopic (exact) mass is 200 g/mol. The summed E-state index contributed by atoms with van der Waals surface area (Å²) in [6, 6.07) is 0. The molecule has 0 saturated heterocycles. The van der Waals surface area contributed by atoms with E-state index in [4.69, 9.17) is 5.11 Å². The maximum Gasteiger partial charge on any atom is 0.309 e. The predicted octanol–water partition coefficient (Wildman–Crippen LogP) is 1.30. The van der Waals surface area contributed by atoms with E-state index in [9.17, 15) is 9.59 Å². The Bertz CT molecular complexity index is 236. The Labute approximate surface area is 83.2 Å². The molecule has 1 aliphatic rings. The number of carbonyl (C=O) groups is 2. The summed E-state index contributed by atoms with van der Waals surface area (Å²) in [5, 5.41) is 8.96. The van der Waals surface area contributed by atoms with Crippen LogP contribution in [0.15, 0.2) is 0 Å². The summed E-state index contributed by atoms with van der Waals surface area (Å²) >= 11 is 0. The van der Waals surface area contributed by atoms with Crippen molar-refractivity contribution >= 4 is 11.9 Å². The number of carboxylic acid groups (broad SMARTS) is 1. The third-order valence-corrected chi connectivity index (χ3v) is 2.93. The Kier molecular flexibility index (Phi) is 3.49. The molecule has 1 N–H and O–H groups in total. The average molecular weight is 200 g/mol. The van der Waals surface area contributed by atoms with Gasteiger partial charge in [0.15, 0.2) is 0 Å². The number of methoxy groups -OCH3 is 1. The third-order valence-electron chi connectivity index (χ3n) is 2.93. The van der Waals surface area contributed by atoms with Crippen LogP contribution in [0.2, 0.25) is 0 Å². The van der Waals surface area contributed by atoms with Gasteiger partial charge in [-0.15, -0.1) is 0 Å². The van der Waals surface area contributed by atoms with E-state index in [0.29, 0.717) is 18.8 Å². The smallest absolute Gasteiger partial charge is 0.309 e. The molecular formula is C10H16O4. The molecule has 0 spiro atoms. The summed E-state index contributed by atoms with van der Waals surface area (Å²) < 4.78 is 4.60. The summed E-state index contributed by atoms with van der Waals surface area (Å²) in [5.41, 5.74) is 0. The fraction of sp³-hybridized carbons (Fsp3) is 0.800. The second kappa shape index (κ2) is 4.44.